The fraction of sp³-hybridized carbons (Fsp3) is 0.500. The Morgan fingerprint density at radius 1 is 1.41 bits per heavy atom. The predicted molar refractivity (Wildman–Crippen MR) is 66.0 cm³/mol. The maximum absolute atomic E-state index is 12.6. The standard InChI is InChI=1S/C12H17O4P/c1-5-15-17(13)11-7-6-9(14-4)8-10(11)12(2,3)16-17/h6-8H,5H2,1-4H3. The number of ether oxygens (including phenoxy) is 1. The SMILES string of the molecule is CCOP1(=O)OC(C)(C)c2cc(OC)ccc21. The summed E-state index contributed by atoms with van der Waals surface area (Å²) in [7, 11) is -1.56. The summed E-state index contributed by atoms with van der Waals surface area (Å²) in [6.45, 7) is 5.92. The third-order valence-corrected chi connectivity index (χ3v) is 5.07. The normalized spacial score (nSPS) is 25.6. The van der Waals surface area contributed by atoms with Gasteiger partial charge in [-0.2, -0.15) is 0 Å². The van der Waals surface area contributed by atoms with E-state index in [1.807, 2.05) is 19.9 Å². The summed E-state index contributed by atoms with van der Waals surface area (Å²) in [6.07, 6.45) is 0. The van der Waals surface area contributed by atoms with Crippen LogP contribution in [0.25, 0.3) is 0 Å². The molecule has 1 aromatic rings. The smallest absolute Gasteiger partial charge is 0.362 e. The number of benzene rings is 1. The highest BCUT2D eigenvalue weighted by Gasteiger charge is 2.47. The van der Waals surface area contributed by atoms with Crippen LogP contribution >= 0.6 is 7.60 Å². The lowest BCUT2D eigenvalue weighted by Crippen LogP contribution is -2.16. The van der Waals surface area contributed by atoms with Crippen molar-refractivity contribution < 1.29 is 18.3 Å². The van der Waals surface area contributed by atoms with Crippen molar-refractivity contribution in [1.82, 2.24) is 0 Å². The molecule has 0 N–H and O–H groups in total. The number of fused-ring (bicyclic) bond motifs is 1. The van der Waals surface area contributed by atoms with E-state index in [1.54, 1.807) is 26.2 Å². The fourth-order valence-electron chi connectivity index (χ4n) is 2.03. The topological polar surface area (TPSA) is 44.8 Å². The van der Waals surface area contributed by atoms with E-state index >= 15 is 0 Å². The molecule has 1 heterocycles. The first kappa shape index (κ1) is 12.6. The highest BCUT2D eigenvalue weighted by molar-refractivity contribution is 7.62. The third kappa shape index (κ3) is 2.01. The zero-order chi connectivity index (χ0) is 12.7. The average Bonchev–Trinajstić information content (AvgIpc) is 2.46. The fourth-order valence-corrected chi connectivity index (χ4v) is 4.24. The number of methoxy groups -OCH3 is 1. The average molecular weight is 256 g/mol. The maximum atomic E-state index is 12.6. The Labute approximate surface area is 101 Å². The highest BCUT2D eigenvalue weighted by Crippen LogP contribution is 2.59. The molecule has 0 saturated carbocycles. The third-order valence-electron chi connectivity index (χ3n) is 2.79. The van der Waals surface area contributed by atoms with Gasteiger partial charge in [0.25, 0.3) is 0 Å². The second kappa shape index (κ2) is 4.13. The first-order chi connectivity index (χ1) is 7.93. The van der Waals surface area contributed by atoms with E-state index in [2.05, 4.69) is 0 Å². The summed E-state index contributed by atoms with van der Waals surface area (Å²) in [5.74, 6) is 0.727. The van der Waals surface area contributed by atoms with E-state index in [0.29, 0.717) is 11.9 Å². The number of hydrogen-bond acceptors (Lipinski definition) is 4. The van der Waals surface area contributed by atoms with Crippen LogP contribution in [0, 0.1) is 0 Å². The molecule has 0 aliphatic carbocycles. The van der Waals surface area contributed by atoms with Gasteiger partial charge < -0.3 is 9.26 Å². The maximum Gasteiger partial charge on any atom is 0.362 e. The molecule has 94 valence electrons. The molecule has 0 saturated heterocycles. The van der Waals surface area contributed by atoms with E-state index in [1.165, 1.54) is 0 Å². The molecule has 0 aromatic heterocycles. The van der Waals surface area contributed by atoms with Crippen molar-refractivity contribution >= 4 is 12.9 Å². The molecule has 0 radical (unpaired) electrons. The van der Waals surface area contributed by atoms with E-state index in [0.717, 1.165) is 11.3 Å². The molecular weight excluding hydrogens is 239 g/mol. The quantitative estimate of drug-likeness (QED) is 0.780. The van der Waals surface area contributed by atoms with E-state index in [4.69, 9.17) is 13.8 Å². The zero-order valence-corrected chi connectivity index (χ0v) is 11.4. The van der Waals surface area contributed by atoms with Crippen molar-refractivity contribution in [3.63, 3.8) is 0 Å². The van der Waals surface area contributed by atoms with Crippen LogP contribution in [0.15, 0.2) is 18.2 Å². The molecule has 5 heteroatoms. The number of rotatable bonds is 3. The Kier molecular flexibility index (Phi) is 3.06. The van der Waals surface area contributed by atoms with Gasteiger partial charge in [-0.1, -0.05) is 0 Å². The first-order valence-electron chi connectivity index (χ1n) is 5.57. The summed E-state index contributed by atoms with van der Waals surface area (Å²) < 4.78 is 28.7. The molecular formula is C12H17O4P. The molecule has 0 amide bonds. The lowest BCUT2D eigenvalue weighted by Gasteiger charge is -2.19. The van der Waals surface area contributed by atoms with E-state index < -0.39 is 13.2 Å². The van der Waals surface area contributed by atoms with Gasteiger partial charge in [0, 0.05) is 5.56 Å². The van der Waals surface area contributed by atoms with Crippen molar-refractivity contribution in [1.29, 1.82) is 0 Å². The predicted octanol–water partition coefficient (Wildman–Crippen LogP) is 2.82. The van der Waals surface area contributed by atoms with Crippen molar-refractivity contribution in [2.24, 2.45) is 0 Å². The Hall–Kier alpha value is -0.830. The largest absolute Gasteiger partial charge is 0.497 e. The van der Waals surface area contributed by atoms with Crippen LogP contribution in [0.4, 0.5) is 0 Å². The van der Waals surface area contributed by atoms with Crippen LogP contribution in [-0.2, 0) is 19.2 Å². The van der Waals surface area contributed by atoms with Gasteiger partial charge in [0.2, 0.25) is 0 Å². The van der Waals surface area contributed by atoms with Gasteiger partial charge in [0.1, 0.15) is 5.75 Å². The molecule has 4 nitrogen and oxygen atoms in total. The summed E-state index contributed by atoms with van der Waals surface area (Å²) >= 11 is 0. The van der Waals surface area contributed by atoms with Crippen molar-refractivity contribution in [2.75, 3.05) is 13.7 Å². The molecule has 17 heavy (non-hydrogen) atoms. The van der Waals surface area contributed by atoms with Crippen LogP contribution in [0.3, 0.4) is 0 Å². The van der Waals surface area contributed by atoms with Crippen molar-refractivity contribution in [3.05, 3.63) is 23.8 Å². The Morgan fingerprint density at radius 3 is 2.71 bits per heavy atom. The van der Waals surface area contributed by atoms with Gasteiger partial charge in [0.05, 0.1) is 24.6 Å². The molecule has 1 aromatic carbocycles. The molecule has 2 rings (SSSR count). The van der Waals surface area contributed by atoms with Gasteiger partial charge in [-0.05, 0) is 39.0 Å². The minimum absolute atomic E-state index is 0.360. The lowest BCUT2D eigenvalue weighted by atomic mass is 9.98. The summed E-state index contributed by atoms with van der Waals surface area (Å²) in [6, 6.07) is 5.39. The van der Waals surface area contributed by atoms with Crippen LogP contribution in [0.5, 0.6) is 5.75 Å². The van der Waals surface area contributed by atoms with Crippen LogP contribution in [0.1, 0.15) is 26.3 Å². The monoisotopic (exact) mass is 256 g/mol. The second-order valence-electron chi connectivity index (χ2n) is 4.40. The minimum Gasteiger partial charge on any atom is -0.497 e. The van der Waals surface area contributed by atoms with Crippen molar-refractivity contribution in [3.8, 4) is 5.75 Å². The van der Waals surface area contributed by atoms with E-state index in [9.17, 15) is 4.57 Å². The van der Waals surface area contributed by atoms with Gasteiger partial charge >= 0.3 is 7.60 Å². The van der Waals surface area contributed by atoms with Crippen LogP contribution < -0.4 is 10.0 Å². The van der Waals surface area contributed by atoms with Crippen LogP contribution in [-0.4, -0.2) is 13.7 Å². The van der Waals surface area contributed by atoms with Gasteiger partial charge in [0.15, 0.2) is 0 Å². The highest BCUT2D eigenvalue weighted by atomic mass is 31.2. The Bertz CT molecular complexity index is 481. The van der Waals surface area contributed by atoms with E-state index in [-0.39, 0.29) is 0 Å². The molecule has 0 spiro atoms. The lowest BCUT2D eigenvalue weighted by molar-refractivity contribution is 0.0966. The summed E-state index contributed by atoms with van der Waals surface area (Å²) in [5.41, 5.74) is 0.253. The van der Waals surface area contributed by atoms with Crippen molar-refractivity contribution in [2.45, 2.75) is 26.4 Å². The van der Waals surface area contributed by atoms with Crippen LogP contribution in [0.2, 0.25) is 0 Å². The van der Waals surface area contributed by atoms with Gasteiger partial charge in [-0.3, -0.25) is 9.09 Å². The molecule has 0 fully saturated rings. The molecule has 1 aliphatic rings. The summed E-state index contributed by atoms with van der Waals surface area (Å²) in [4.78, 5) is 0. The molecule has 0 bridgehead atoms. The molecule has 1 atom stereocenters. The molecule has 1 unspecified atom stereocenters. The minimum atomic E-state index is -3.17. The summed E-state index contributed by atoms with van der Waals surface area (Å²) in [5, 5.41) is 0.644. The second-order valence-corrected chi connectivity index (χ2v) is 6.32. The van der Waals surface area contributed by atoms with Gasteiger partial charge in [-0.15, -0.1) is 0 Å². The Morgan fingerprint density at radius 2 is 2.12 bits per heavy atom. The first-order valence-corrected chi connectivity index (χ1v) is 7.11. The van der Waals surface area contributed by atoms with Gasteiger partial charge in [-0.25, -0.2) is 0 Å². The Balaban J connectivity index is 2.56. The zero-order valence-electron chi connectivity index (χ0n) is 10.5. The number of hydrogen-bond donors (Lipinski definition) is 0. The molecule has 1 aliphatic heterocycles.